The molecule has 2 aromatic rings. The number of aromatic nitrogens is 1. The molecule has 1 saturated heterocycles. The molecule has 1 N–H and O–H groups in total. The van der Waals surface area contributed by atoms with Gasteiger partial charge in [-0.2, -0.15) is 0 Å². The van der Waals surface area contributed by atoms with Crippen molar-refractivity contribution in [2.24, 2.45) is 0 Å². The van der Waals surface area contributed by atoms with Crippen molar-refractivity contribution in [1.82, 2.24) is 9.88 Å². The molecule has 2 heterocycles. The number of pyridine rings is 1. The molecule has 0 unspecified atom stereocenters. The zero-order chi connectivity index (χ0) is 16.8. The maximum atomic E-state index is 5.63. The number of aryl methyl sites for hydroxylation is 1. The smallest absolute Gasteiger partial charge is 0.120 e. The Bertz CT molecular complexity index is 669. The highest BCUT2D eigenvalue weighted by Gasteiger charge is 2.10. The molecule has 130 valence electrons. The summed E-state index contributed by atoms with van der Waals surface area (Å²) in [5.74, 6) is 0.895. The molecular weight excluding hydrogens is 302 g/mol. The molecule has 1 aromatic heterocycles. The number of fused-ring (bicyclic) bond motifs is 1. The average molecular weight is 329 g/mol. The molecule has 0 radical (unpaired) electrons. The van der Waals surface area contributed by atoms with E-state index in [4.69, 9.17) is 9.47 Å². The Labute approximate surface area is 144 Å². The summed E-state index contributed by atoms with van der Waals surface area (Å²) < 4.78 is 11.0. The Balaban J connectivity index is 1.64. The summed E-state index contributed by atoms with van der Waals surface area (Å²) in [5, 5.41) is 4.71. The van der Waals surface area contributed by atoms with E-state index in [2.05, 4.69) is 27.3 Å². The van der Waals surface area contributed by atoms with Crippen LogP contribution < -0.4 is 10.1 Å². The first-order valence-electron chi connectivity index (χ1n) is 8.84. The normalized spacial score (nSPS) is 15.6. The zero-order valence-corrected chi connectivity index (χ0v) is 14.7. The number of rotatable bonds is 7. The van der Waals surface area contributed by atoms with Gasteiger partial charge >= 0.3 is 0 Å². The Morgan fingerprint density at radius 3 is 2.88 bits per heavy atom. The number of hydrogen-bond donors (Lipinski definition) is 1. The summed E-state index contributed by atoms with van der Waals surface area (Å²) in [6, 6.07) is 8.22. The molecule has 1 aliphatic heterocycles. The Hall–Kier alpha value is -1.85. The predicted molar refractivity (Wildman–Crippen MR) is 98.0 cm³/mol. The molecule has 1 aromatic carbocycles. The van der Waals surface area contributed by atoms with Crippen LogP contribution in [0.3, 0.4) is 0 Å². The lowest BCUT2D eigenvalue weighted by Crippen LogP contribution is -2.37. The molecule has 0 bridgehead atoms. The van der Waals surface area contributed by atoms with E-state index in [0.29, 0.717) is 6.61 Å². The molecule has 0 spiro atoms. The highest BCUT2D eigenvalue weighted by atomic mass is 16.5. The highest BCUT2D eigenvalue weighted by Crippen LogP contribution is 2.27. The van der Waals surface area contributed by atoms with Crippen LogP contribution in [-0.2, 0) is 4.74 Å². The minimum Gasteiger partial charge on any atom is -0.494 e. The van der Waals surface area contributed by atoms with Crippen molar-refractivity contribution in [3.05, 3.63) is 30.0 Å². The first kappa shape index (κ1) is 17.0. The van der Waals surface area contributed by atoms with Crippen LogP contribution >= 0.6 is 0 Å². The summed E-state index contributed by atoms with van der Waals surface area (Å²) in [6.07, 6.45) is 1.12. The van der Waals surface area contributed by atoms with E-state index in [1.165, 1.54) is 0 Å². The van der Waals surface area contributed by atoms with E-state index in [1.807, 2.05) is 26.0 Å². The zero-order valence-electron chi connectivity index (χ0n) is 14.7. The molecule has 0 aliphatic carbocycles. The number of hydrogen-bond acceptors (Lipinski definition) is 5. The van der Waals surface area contributed by atoms with Gasteiger partial charge in [-0.1, -0.05) is 0 Å². The van der Waals surface area contributed by atoms with Crippen LogP contribution in [0.2, 0.25) is 0 Å². The molecule has 0 atom stereocenters. The van der Waals surface area contributed by atoms with Crippen molar-refractivity contribution < 1.29 is 9.47 Å². The van der Waals surface area contributed by atoms with Crippen LogP contribution in [0, 0.1) is 6.92 Å². The van der Waals surface area contributed by atoms with Gasteiger partial charge in [-0.05, 0) is 51.1 Å². The first-order chi connectivity index (χ1) is 11.8. The number of morpholine rings is 1. The summed E-state index contributed by atoms with van der Waals surface area (Å²) in [6.45, 7) is 10.6. The summed E-state index contributed by atoms with van der Waals surface area (Å²) in [4.78, 5) is 7.09. The fraction of sp³-hybridized carbons (Fsp3) is 0.526. The summed E-state index contributed by atoms with van der Waals surface area (Å²) in [5.41, 5.74) is 3.18. The molecule has 24 heavy (non-hydrogen) atoms. The molecular formula is C19H27N3O2. The van der Waals surface area contributed by atoms with Gasteiger partial charge in [0.1, 0.15) is 5.75 Å². The lowest BCUT2D eigenvalue weighted by atomic mass is 10.1. The van der Waals surface area contributed by atoms with Crippen molar-refractivity contribution in [3.8, 4) is 5.75 Å². The lowest BCUT2D eigenvalue weighted by molar-refractivity contribution is 0.0378. The third-order valence-corrected chi connectivity index (χ3v) is 4.29. The van der Waals surface area contributed by atoms with E-state index in [1.54, 1.807) is 0 Å². The van der Waals surface area contributed by atoms with Crippen LogP contribution in [0.1, 0.15) is 19.0 Å². The van der Waals surface area contributed by atoms with Gasteiger partial charge < -0.3 is 14.8 Å². The molecule has 5 heteroatoms. The van der Waals surface area contributed by atoms with Crippen LogP contribution in [0.5, 0.6) is 5.75 Å². The Morgan fingerprint density at radius 1 is 1.25 bits per heavy atom. The maximum Gasteiger partial charge on any atom is 0.120 e. The minimum atomic E-state index is 0.674. The van der Waals surface area contributed by atoms with Gasteiger partial charge in [0.25, 0.3) is 0 Å². The molecule has 0 saturated carbocycles. The standard InChI is InChI=1S/C19H27N3O2/c1-3-24-16-5-6-18-17(14-16)19(13-15(2)21-18)20-7-4-8-22-9-11-23-12-10-22/h5-6,13-14H,3-4,7-12H2,1-2H3,(H,20,21). The Kier molecular flexibility index (Phi) is 5.88. The molecule has 0 amide bonds. The van der Waals surface area contributed by atoms with Gasteiger partial charge in [0.15, 0.2) is 0 Å². The van der Waals surface area contributed by atoms with Crippen molar-refractivity contribution in [2.45, 2.75) is 20.3 Å². The molecule has 1 aliphatic rings. The second kappa shape index (κ2) is 8.31. The van der Waals surface area contributed by atoms with Gasteiger partial charge in [0.05, 0.1) is 25.3 Å². The third-order valence-electron chi connectivity index (χ3n) is 4.29. The Morgan fingerprint density at radius 2 is 2.08 bits per heavy atom. The fourth-order valence-electron chi connectivity index (χ4n) is 3.09. The van der Waals surface area contributed by atoms with Crippen molar-refractivity contribution in [1.29, 1.82) is 0 Å². The lowest BCUT2D eigenvalue weighted by Gasteiger charge is -2.26. The largest absolute Gasteiger partial charge is 0.494 e. The number of nitrogens with zero attached hydrogens (tertiary/aromatic N) is 2. The number of nitrogens with one attached hydrogen (secondary N) is 1. The topological polar surface area (TPSA) is 46.6 Å². The van der Waals surface area contributed by atoms with Gasteiger partial charge in [-0.3, -0.25) is 9.88 Å². The number of ether oxygens (including phenoxy) is 2. The SMILES string of the molecule is CCOc1ccc2nc(C)cc(NCCCN3CCOCC3)c2c1. The van der Waals surface area contributed by atoms with Crippen LogP contribution in [0.25, 0.3) is 10.9 Å². The molecule has 5 nitrogen and oxygen atoms in total. The summed E-state index contributed by atoms with van der Waals surface area (Å²) >= 11 is 0. The van der Waals surface area contributed by atoms with E-state index >= 15 is 0 Å². The van der Waals surface area contributed by atoms with E-state index in [0.717, 1.165) is 73.8 Å². The van der Waals surface area contributed by atoms with Crippen LogP contribution in [-0.4, -0.2) is 55.9 Å². The van der Waals surface area contributed by atoms with Gasteiger partial charge in [0, 0.05) is 36.4 Å². The van der Waals surface area contributed by atoms with Crippen LogP contribution in [0.4, 0.5) is 5.69 Å². The van der Waals surface area contributed by atoms with Gasteiger partial charge in [-0.15, -0.1) is 0 Å². The number of benzene rings is 1. The van der Waals surface area contributed by atoms with E-state index in [-0.39, 0.29) is 0 Å². The minimum absolute atomic E-state index is 0.674. The summed E-state index contributed by atoms with van der Waals surface area (Å²) in [7, 11) is 0. The van der Waals surface area contributed by atoms with Gasteiger partial charge in [0.2, 0.25) is 0 Å². The second-order valence-corrected chi connectivity index (χ2v) is 6.16. The third kappa shape index (κ3) is 4.36. The quantitative estimate of drug-likeness (QED) is 0.791. The van der Waals surface area contributed by atoms with Crippen molar-refractivity contribution >= 4 is 16.6 Å². The average Bonchev–Trinajstić information content (AvgIpc) is 2.60. The second-order valence-electron chi connectivity index (χ2n) is 6.16. The maximum absolute atomic E-state index is 5.63. The van der Waals surface area contributed by atoms with Crippen molar-refractivity contribution in [3.63, 3.8) is 0 Å². The van der Waals surface area contributed by atoms with Gasteiger partial charge in [-0.25, -0.2) is 0 Å². The van der Waals surface area contributed by atoms with Crippen LogP contribution in [0.15, 0.2) is 24.3 Å². The molecule has 3 rings (SSSR count). The number of anilines is 1. The van der Waals surface area contributed by atoms with E-state index < -0.39 is 0 Å². The predicted octanol–water partition coefficient (Wildman–Crippen LogP) is 3.08. The fourth-order valence-corrected chi connectivity index (χ4v) is 3.09. The molecule has 1 fully saturated rings. The monoisotopic (exact) mass is 329 g/mol. The van der Waals surface area contributed by atoms with E-state index in [9.17, 15) is 0 Å². The van der Waals surface area contributed by atoms with Crippen molar-refractivity contribution in [2.75, 3.05) is 51.3 Å². The highest BCUT2D eigenvalue weighted by molar-refractivity contribution is 5.92. The first-order valence-corrected chi connectivity index (χ1v) is 8.84.